The van der Waals surface area contributed by atoms with Crippen LogP contribution in [0.15, 0.2) is 21.7 Å². The maximum absolute atomic E-state index is 12.2. The molecule has 0 radical (unpaired) electrons. The lowest BCUT2D eigenvalue weighted by Gasteiger charge is -2.27. The molecule has 1 aromatic carbocycles. The molecule has 4 atom stereocenters. The van der Waals surface area contributed by atoms with E-state index in [1.54, 1.807) is 12.1 Å². The average molecular weight is 406 g/mol. The molecular formula is C18H22N4O7. The molecule has 1 aromatic rings. The van der Waals surface area contributed by atoms with Gasteiger partial charge in [0.1, 0.15) is 24.4 Å². The predicted octanol–water partition coefficient (Wildman–Crippen LogP) is -2.36. The Hall–Kier alpha value is -2.70. The minimum Gasteiger partial charge on any atom is -0.394 e. The van der Waals surface area contributed by atoms with Crippen LogP contribution in [0.4, 0.5) is 0 Å². The summed E-state index contributed by atoms with van der Waals surface area (Å²) in [6, 6.07) is 3.47. The van der Waals surface area contributed by atoms with E-state index in [1.807, 2.05) is 18.8 Å². The number of aliphatic hydroxyl groups is 5. The minimum atomic E-state index is -1.82. The van der Waals surface area contributed by atoms with E-state index in [2.05, 4.69) is 9.97 Å². The van der Waals surface area contributed by atoms with E-state index in [9.17, 15) is 30.0 Å². The molecule has 0 saturated heterocycles. The number of aliphatic hydroxyl groups excluding tert-OH is 5. The number of aromatic nitrogens is 4. The van der Waals surface area contributed by atoms with Crippen molar-refractivity contribution in [2.75, 3.05) is 6.61 Å². The molecule has 11 heteroatoms. The van der Waals surface area contributed by atoms with E-state index >= 15 is 0 Å². The minimum absolute atomic E-state index is 0.0991. The van der Waals surface area contributed by atoms with Crippen molar-refractivity contribution in [3.05, 3.63) is 44.1 Å². The number of benzene rings is 1. The number of nitrogens with zero attached hydrogens (tertiary/aromatic N) is 3. The zero-order valence-corrected chi connectivity index (χ0v) is 15.8. The Labute approximate surface area is 163 Å². The Balaban J connectivity index is 2.19. The lowest BCUT2D eigenvalue weighted by Crippen LogP contribution is -2.47. The summed E-state index contributed by atoms with van der Waals surface area (Å²) in [6.45, 7) is 2.53. The van der Waals surface area contributed by atoms with Crippen molar-refractivity contribution in [1.82, 2.24) is 19.5 Å². The molecule has 6 N–H and O–H groups in total. The van der Waals surface area contributed by atoms with Gasteiger partial charge in [-0.1, -0.05) is 0 Å². The molecule has 0 fully saturated rings. The molecule has 0 aliphatic carbocycles. The first-order chi connectivity index (χ1) is 13.6. The monoisotopic (exact) mass is 406 g/mol. The van der Waals surface area contributed by atoms with Gasteiger partial charge in [0.25, 0.3) is 5.56 Å². The van der Waals surface area contributed by atoms with E-state index in [1.165, 1.54) is 4.57 Å². The van der Waals surface area contributed by atoms with Gasteiger partial charge in [0.15, 0.2) is 11.5 Å². The molecule has 0 amide bonds. The molecule has 0 spiro atoms. The Kier molecular flexibility index (Phi) is 5.78. The van der Waals surface area contributed by atoms with E-state index in [-0.39, 0.29) is 18.1 Å². The van der Waals surface area contributed by atoms with E-state index in [4.69, 9.17) is 5.11 Å². The molecule has 0 aromatic heterocycles. The standard InChI is InChI=1S/C18H22N4O7/c1-7-3-9-10(4-8(7)2)22(5-11(24)14(26)15(27)12(25)6-23)16-13(19-9)17(28)21-18(29)20-16/h3-4,11-12,14-15,23-27H,5-6H2,1-2H3,(H,21,28,29). The van der Waals surface area contributed by atoms with Gasteiger partial charge < -0.3 is 30.1 Å². The van der Waals surface area contributed by atoms with Crippen LogP contribution in [0.5, 0.6) is 0 Å². The molecule has 2 aliphatic rings. The highest BCUT2D eigenvalue weighted by Gasteiger charge is 2.31. The summed E-state index contributed by atoms with van der Waals surface area (Å²) >= 11 is 0. The summed E-state index contributed by atoms with van der Waals surface area (Å²) in [7, 11) is 0. The van der Waals surface area contributed by atoms with E-state index in [0.29, 0.717) is 11.0 Å². The van der Waals surface area contributed by atoms with Crippen molar-refractivity contribution in [3.8, 4) is 11.5 Å². The first-order valence-corrected chi connectivity index (χ1v) is 8.89. The van der Waals surface area contributed by atoms with Crippen molar-refractivity contribution in [2.45, 2.75) is 44.8 Å². The lowest BCUT2D eigenvalue weighted by molar-refractivity contribution is -0.117. The van der Waals surface area contributed by atoms with Crippen molar-refractivity contribution in [1.29, 1.82) is 0 Å². The van der Waals surface area contributed by atoms with Gasteiger partial charge in [0.05, 0.1) is 24.2 Å². The number of H-pyrrole nitrogens is 1. The number of hydrogen-bond donors (Lipinski definition) is 6. The zero-order valence-electron chi connectivity index (χ0n) is 15.8. The van der Waals surface area contributed by atoms with Gasteiger partial charge in [0, 0.05) is 0 Å². The topological polar surface area (TPSA) is 182 Å². The molecule has 2 aliphatic heterocycles. The molecule has 156 valence electrons. The Morgan fingerprint density at radius 1 is 1.00 bits per heavy atom. The summed E-state index contributed by atoms with van der Waals surface area (Å²) < 4.78 is 1.35. The van der Waals surface area contributed by atoms with Gasteiger partial charge in [-0.3, -0.25) is 9.78 Å². The maximum atomic E-state index is 12.2. The highest BCUT2D eigenvalue weighted by molar-refractivity contribution is 5.81. The van der Waals surface area contributed by atoms with Crippen molar-refractivity contribution >= 4 is 11.0 Å². The second kappa shape index (κ2) is 7.97. The molecule has 0 saturated carbocycles. The third-order valence-corrected chi connectivity index (χ3v) is 4.92. The first kappa shape index (κ1) is 21.0. The first-order valence-electron chi connectivity index (χ1n) is 8.89. The smallest absolute Gasteiger partial charge is 0.349 e. The summed E-state index contributed by atoms with van der Waals surface area (Å²) in [6.07, 6.45) is -6.91. The third-order valence-electron chi connectivity index (χ3n) is 4.92. The molecular weight excluding hydrogens is 384 g/mol. The van der Waals surface area contributed by atoms with Gasteiger partial charge in [0.2, 0.25) is 0 Å². The van der Waals surface area contributed by atoms with Crippen LogP contribution in [-0.4, -0.2) is 76.1 Å². The molecule has 29 heavy (non-hydrogen) atoms. The number of fused-ring (bicyclic) bond motifs is 2. The number of aromatic amines is 1. The third kappa shape index (κ3) is 3.91. The van der Waals surface area contributed by atoms with E-state index in [0.717, 1.165) is 11.1 Å². The van der Waals surface area contributed by atoms with Crippen LogP contribution < -0.4 is 11.2 Å². The molecule has 0 bridgehead atoms. The van der Waals surface area contributed by atoms with E-state index < -0.39 is 42.3 Å². The van der Waals surface area contributed by atoms with Crippen molar-refractivity contribution in [2.24, 2.45) is 0 Å². The number of hydrogen-bond acceptors (Lipinski definition) is 9. The van der Waals surface area contributed by atoms with Gasteiger partial charge >= 0.3 is 5.69 Å². The summed E-state index contributed by atoms with van der Waals surface area (Å²) in [5.41, 5.74) is 0.864. The second-order valence-electron chi connectivity index (χ2n) is 6.99. The van der Waals surface area contributed by atoms with Crippen molar-refractivity contribution < 1.29 is 25.5 Å². The Morgan fingerprint density at radius 3 is 2.28 bits per heavy atom. The summed E-state index contributed by atoms with van der Waals surface area (Å²) in [4.78, 5) is 34.1. The average Bonchev–Trinajstić information content (AvgIpc) is 2.68. The quantitative estimate of drug-likeness (QED) is 0.244. The zero-order chi connectivity index (χ0) is 21.5. The highest BCUT2D eigenvalue weighted by Crippen LogP contribution is 2.24. The highest BCUT2D eigenvalue weighted by atomic mass is 16.4. The van der Waals surface area contributed by atoms with Crippen LogP contribution in [0.1, 0.15) is 11.1 Å². The van der Waals surface area contributed by atoms with Gasteiger partial charge in [-0.15, -0.1) is 0 Å². The molecule has 3 rings (SSSR count). The second-order valence-corrected chi connectivity index (χ2v) is 6.99. The summed E-state index contributed by atoms with van der Waals surface area (Å²) in [5.74, 6) is -0.0991. The molecule has 2 heterocycles. The lowest BCUT2D eigenvalue weighted by atomic mass is 10.0. The fourth-order valence-corrected chi connectivity index (χ4v) is 3.09. The summed E-state index contributed by atoms with van der Waals surface area (Å²) in [5, 5.41) is 48.9. The molecule has 11 nitrogen and oxygen atoms in total. The van der Waals surface area contributed by atoms with Crippen LogP contribution in [-0.2, 0) is 6.54 Å². The normalized spacial score (nSPS) is 16.1. The largest absolute Gasteiger partial charge is 0.394 e. The number of nitrogens with one attached hydrogen (secondary N) is 1. The Bertz CT molecular complexity index is 1130. The fourth-order valence-electron chi connectivity index (χ4n) is 3.09. The van der Waals surface area contributed by atoms with Gasteiger partial charge in [-0.25, -0.2) is 9.78 Å². The van der Waals surface area contributed by atoms with Gasteiger partial charge in [-0.2, -0.15) is 4.98 Å². The number of rotatable bonds is 6. The van der Waals surface area contributed by atoms with Crippen LogP contribution >= 0.6 is 0 Å². The van der Waals surface area contributed by atoms with Crippen LogP contribution in [0, 0.1) is 13.8 Å². The molecule has 4 unspecified atom stereocenters. The maximum Gasteiger partial charge on any atom is 0.349 e. The predicted molar refractivity (Wildman–Crippen MR) is 102 cm³/mol. The fraction of sp³-hybridized carbons (Fsp3) is 0.444. The SMILES string of the molecule is Cc1cc2nc3c(=O)[nH]c(=O)nc-3n(CC(O)C(O)C(O)C(O)CO)c2cc1C. The van der Waals surface area contributed by atoms with Crippen molar-refractivity contribution in [3.63, 3.8) is 0 Å². The van der Waals surface area contributed by atoms with Crippen LogP contribution in [0.2, 0.25) is 0 Å². The van der Waals surface area contributed by atoms with Gasteiger partial charge in [-0.05, 0) is 37.1 Å². The number of aryl methyl sites for hydroxylation is 2. The van der Waals surface area contributed by atoms with Crippen LogP contribution in [0.25, 0.3) is 22.6 Å². The Morgan fingerprint density at radius 2 is 1.62 bits per heavy atom. The van der Waals surface area contributed by atoms with Crippen LogP contribution in [0.3, 0.4) is 0 Å².